The van der Waals surface area contributed by atoms with Crippen LogP contribution in [0, 0.1) is 23.2 Å². The van der Waals surface area contributed by atoms with Crippen LogP contribution in [0.15, 0.2) is 24.3 Å². The van der Waals surface area contributed by atoms with Crippen LogP contribution < -0.4 is 11.1 Å². The number of hydrogen-bond acceptors (Lipinski definition) is 7. The molecule has 3 saturated heterocycles. The summed E-state index contributed by atoms with van der Waals surface area (Å²) in [5, 5.41) is 4.63. The molecule has 1 aliphatic carbocycles. The van der Waals surface area contributed by atoms with Crippen LogP contribution in [0.2, 0.25) is 0 Å². The summed E-state index contributed by atoms with van der Waals surface area (Å²) in [7, 11) is 0. The van der Waals surface area contributed by atoms with Gasteiger partial charge in [0.15, 0.2) is 5.60 Å². The smallest absolute Gasteiger partial charge is 0.326 e. The number of nitrogens with two attached hydrogens (primary N) is 1. The molecule has 3 aliphatic heterocycles. The van der Waals surface area contributed by atoms with Crippen LogP contribution in [-0.2, 0) is 35.2 Å². The molecule has 4 aliphatic rings. The van der Waals surface area contributed by atoms with E-state index in [1.807, 2.05) is 24.3 Å². The maximum atomic E-state index is 13.6. The third kappa shape index (κ3) is 5.11. The lowest BCUT2D eigenvalue weighted by Gasteiger charge is -2.35. The van der Waals surface area contributed by atoms with Crippen molar-refractivity contribution in [1.82, 2.24) is 10.4 Å². The molecule has 2 amide bonds. The number of carbonyl (C=O) groups excluding carboxylic acids is 3. The van der Waals surface area contributed by atoms with Gasteiger partial charge in [-0.2, -0.15) is 5.06 Å². The molecule has 6 atom stereocenters. The fourth-order valence-corrected chi connectivity index (χ4v) is 5.67. The minimum Gasteiger partial charge on any atom is -0.458 e. The number of nitrogens with zero attached hydrogens (tertiary/aromatic N) is 1. The van der Waals surface area contributed by atoms with Gasteiger partial charge < -0.3 is 20.5 Å². The third-order valence-corrected chi connectivity index (χ3v) is 7.45. The molecule has 3 heterocycles. The average molecular weight is 510 g/mol. The van der Waals surface area contributed by atoms with Crippen molar-refractivity contribution in [3.05, 3.63) is 35.4 Å². The Kier molecular flexibility index (Phi) is 6.77. The van der Waals surface area contributed by atoms with Crippen LogP contribution in [0.1, 0.15) is 64.0 Å². The quantitative estimate of drug-likeness (QED) is 0.225. The molecule has 0 spiro atoms. The van der Waals surface area contributed by atoms with E-state index in [9.17, 15) is 14.4 Å². The summed E-state index contributed by atoms with van der Waals surface area (Å²) >= 11 is 0. The van der Waals surface area contributed by atoms with E-state index in [1.54, 1.807) is 5.06 Å². The number of rotatable bonds is 9. The highest BCUT2D eigenvalue weighted by molar-refractivity contribution is 5.90. The Morgan fingerprint density at radius 1 is 1.19 bits per heavy atom. The number of esters is 1. The predicted molar refractivity (Wildman–Crippen MR) is 133 cm³/mol. The van der Waals surface area contributed by atoms with E-state index in [0.717, 1.165) is 17.5 Å². The van der Waals surface area contributed by atoms with Crippen LogP contribution in [-0.4, -0.2) is 59.3 Å². The Morgan fingerprint density at radius 2 is 1.97 bits per heavy atom. The second-order valence-electron chi connectivity index (χ2n) is 11.5. The molecule has 5 rings (SSSR count). The molecule has 0 radical (unpaired) electrons. The molecule has 1 aromatic carbocycles. The lowest BCUT2D eigenvalue weighted by Crippen LogP contribution is -2.58. The van der Waals surface area contributed by atoms with Crippen molar-refractivity contribution in [1.29, 1.82) is 0 Å². The monoisotopic (exact) mass is 509 g/mol. The SMILES string of the molecule is CC(C)(C)C#Cc1ccccc1CN1O[C@@]2(C(=O)NCCCCCC(N)=O)C[C@@H]3O[C@@H]3[C@H]3OC(=O)[C@@H]1[C@H]32. The number of epoxide rings is 1. The van der Waals surface area contributed by atoms with Crippen LogP contribution in [0.25, 0.3) is 0 Å². The molecule has 0 bridgehead atoms. The van der Waals surface area contributed by atoms with Gasteiger partial charge >= 0.3 is 5.97 Å². The van der Waals surface area contributed by atoms with Gasteiger partial charge in [0.05, 0.1) is 18.6 Å². The average Bonchev–Trinajstić information content (AvgIpc) is 3.40. The second-order valence-corrected chi connectivity index (χ2v) is 11.5. The Labute approximate surface area is 217 Å². The minimum atomic E-state index is -1.24. The van der Waals surface area contributed by atoms with Crippen LogP contribution in [0.5, 0.6) is 0 Å². The first-order chi connectivity index (χ1) is 17.6. The van der Waals surface area contributed by atoms with Crippen molar-refractivity contribution in [3.8, 4) is 11.8 Å². The molecule has 9 nitrogen and oxygen atoms in total. The zero-order valence-corrected chi connectivity index (χ0v) is 21.6. The molecular weight excluding hydrogens is 474 g/mol. The van der Waals surface area contributed by atoms with Gasteiger partial charge in [0.25, 0.3) is 5.91 Å². The van der Waals surface area contributed by atoms with Crippen LogP contribution in [0.4, 0.5) is 0 Å². The van der Waals surface area contributed by atoms with Crippen molar-refractivity contribution in [2.45, 2.75) is 89.4 Å². The van der Waals surface area contributed by atoms with Crippen molar-refractivity contribution in [2.24, 2.45) is 17.1 Å². The van der Waals surface area contributed by atoms with Gasteiger partial charge in [-0.3, -0.25) is 19.2 Å². The normalized spacial score (nSPS) is 31.5. The fourth-order valence-electron chi connectivity index (χ4n) is 5.67. The molecule has 3 N–H and O–H groups in total. The van der Waals surface area contributed by atoms with Crippen molar-refractivity contribution in [3.63, 3.8) is 0 Å². The van der Waals surface area contributed by atoms with E-state index >= 15 is 0 Å². The number of fused-ring (bicyclic) bond motifs is 2. The van der Waals surface area contributed by atoms with E-state index in [2.05, 4.69) is 37.9 Å². The Morgan fingerprint density at radius 3 is 2.73 bits per heavy atom. The first-order valence-corrected chi connectivity index (χ1v) is 13.1. The van der Waals surface area contributed by atoms with Crippen molar-refractivity contribution in [2.75, 3.05) is 6.54 Å². The predicted octanol–water partition coefficient (Wildman–Crippen LogP) is 1.81. The number of carbonyl (C=O) groups is 3. The van der Waals surface area contributed by atoms with E-state index in [0.29, 0.717) is 38.8 Å². The largest absolute Gasteiger partial charge is 0.458 e. The number of primary amides is 1. The first-order valence-electron chi connectivity index (χ1n) is 13.1. The van der Waals surface area contributed by atoms with Gasteiger partial charge in [0, 0.05) is 30.4 Å². The summed E-state index contributed by atoms with van der Waals surface area (Å²) in [6.45, 7) is 6.91. The highest BCUT2D eigenvalue weighted by atomic mass is 16.7. The number of unbranched alkanes of at least 4 members (excludes halogenated alkanes) is 2. The van der Waals surface area contributed by atoms with E-state index in [-0.39, 0.29) is 35.4 Å². The summed E-state index contributed by atoms with van der Waals surface area (Å²) in [5.74, 6) is 5.13. The zero-order valence-electron chi connectivity index (χ0n) is 21.6. The third-order valence-electron chi connectivity index (χ3n) is 7.45. The van der Waals surface area contributed by atoms with Crippen LogP contribution >= 0.6 is 0 Å². The van der Waals surface area contributed by atoms with Gasteiger partial charge in [0.2, 0.25) is 5.91 Å². The molecule has 0 unspecified atom stereocenters. The fraction of sp³-hybridized carbons (Fsp3) is 0.607. The summed E-state index contributed by atoms with van der Waals surface area (Å²) in [6.07, 6.45) is 2.04. The second kappa shape index (κ2) is 9.75. The number of benzene rings is 1. The lowest BCUT2D eigenvalue weighted by molar-refractivity contribution is -0.229. The molecule has 198 valence electrons. The van der Waals surface area contributed by atoms with Crippen LogP contribution in [0.3, 0.4) is 0 Å². The summed E-state index contributed by atoms with van der Waals surface area (Å²) in [4.78, 5) is 44.1. The van der Waals surface area contributed by atoms with Gasteiger partial charge in [-0.1, -0.05) is 36.5 Å². The lowest BCUT2D eigenvalue weighted by atomic mass is 9.71. The van der Waals surface area contributed by atoms with Gasteiger partial charge in [-0.05, 0) is 45.2 Å². The number of amides is 2. The summed E-state index contributed by atoms with van der Waals surface area (Å²) < 4.78 is 11.5. The van der Waals surface area contributed by atoms with E-state index in [4.69, 9.17) is 20.0 Å². The summed E-state index contributed by atoms with van der Waals surface area (Å²) in [6, 6.07) is 7.09. The number of ether oxygens (including phenoxy) is 2. The first kappa shape index (κ1) is 25.7. The van der Waals surface area contributed by atoms with Gasteiger partial charge in [0.1, 0.15) is 18.2 Å². The zero-order chi connectivity index (χ0) is 26.4. The highest BCUT2D eigenvalue weighted by Gasteiger charge is 2.76. The number of nitrogens with one attached hydrogen (secondary N) is 1. The van der Waals surface area contributed by atoms with Gasteiger partial charge in [-0.25, -0.2) is 0 Å². The number of hydroxylamine groups is 2. The molecule has 37 heavy (non-hydrogen) atoms. The van der Waals surface area contributed by atoms with Crippen molar-refractivity contribution >= 4 is 17.8 Å². The molecule has 1 saturated carbocycles. The Bertz CT molecular complexity index is 1150. The molecule has 9 heteroatoms. The summed E-state index contributed by atoms with van der Waals surface area (Å²) in [5.41, 5.74) is 5.58. The topological polar surface area (TPSA) is 123 Å². The van der Waals surface area contributed by atoms with E-state index < -0.39 is 23.7 Å². The highest BCUT2D eigenvalue weighted by Crippen LogP contribution is 2.57. The van der Waals surface area contributed by atoms with Gasteiger partial charge in [-0.15, -0.1) is 0 Å². The maximum Gasteiger partial charge on any atom is 0.326 e. The number of hydrogen-bond donors (Lipinski definition) is 2. The maximum absolute atomic E-state index is 13.6. The minimum absolute atomic E-state index is 0.155. The molecule has 1 aromatic rings. The molecule has 4 fully saturated rings. The van der Waals surface area contributed by atoms with E-state index in [1.165, 1.54) is 0 Å². The standard InChI is InChI=1S/C28H35N3O6/c1-27(2,3)13-12-17-9-6-7-10-18(17)16-31-22-21-24(36-25(22)33)23-19(35-23)15-28(21,37-31)26(34)30-14-8-4-5-11-20(29)32/h6-7,9-10,19,21-24H,4-5,8,11,14-16H2,1-3H3,(H2,29,32)(H,30,34)/t19-,21+,22-,23-,24-,28-/m0/s1. The van der Waals surface area contributed by atoms with Crippen molar-refractivity contribution < 1.29 is 28.7 Å². The molecule has 0 aromatic heterocycles. The molecular formula is C28H35N3O6. The Balaban J connectivity index is 1.35. The Hall–Kier alpha value is -2.93.